The molecule has 9 nitrogen and oxygen atoms in total. The van der Waals surface area contributed by atoms with Crippen LogP contribution in [-0.2, 0) is 19.3 Å². The summed E-state index contributed by atoms with van der Waals surface area (Å²) >= 11 is 0. The van der Waals surface area contributed by atoms with E-state index < -0.39 is 11.9 Å². The summed E-state index contributed by atoms with van der Waals surface area (Å²) < 4.78 is 43.1. The highest BCUT2D eigenvalue weighted by atomic mass is 19.4. The number of fused-ring (bicyclic) bond motifs is 1. The van der Waals surface area contributed by atoms with Crippen LogP contribution in [0.2, 0.25) is 0 Å². The van der Waals surface area contributed by atoms with E-state index in [-0.39, 0.29) is 24.7 Å². The maximum Gasteiger partial charge on any atom is 0.435 e. The predicted octanol–water partition coefficient (Wildman–Crippen LogP) is 3.26. The molecule has 0 aliphatic rings. The fourth-order valence-electron chi connectivity index (χ4n) is 3.62. The Labute approximate surface area is 187 Å². The summed E-state index contributed by atoms with van der Waals surface area (Å²) in [5.41, 5.74) is 2.86. The van der Waals surface area contributed by atoms with Gasteiger partial charge in [-0.05, 0) is 39.3 Å². The fourth-order valence-corrected chi connectivity index (χ4v) is 3.62. The molecule has 0 fully saturated rings. The van der Waals surface area contributed by atoms with Crippen LogP contribution in [0.5, 0.6) is 0 Å². The number of hydrogen-bond donors (Lipinski definition) is 1. The van der Waals surface area contributed by atoms with Crippen molar-refractivity contribution in [3.63, 3.8) is 0 Å². The average molecular weight is 460 g/mol. The zero-order chi connectivity index (χ0) is 23.8. The zero-order valence-electron chi connectivity index (χ0n) is 18.4. The number of hydrogen-bond acceptors (Lipinski definition) is 5. The Morgan fingerprint density at radius 2 is 1.94 bits per heavy atom. The van der Waals surface area contributed by atoms with Crippen LogP contribution >= 0.6 is 0 Å². The number of amides is 1. The lowest BCUT2D eigenvalue weighted by Crippen LogP contribution is -2.26. The monoisotopic (exact) mass is 460 g/mol. The van der Waals surface area contributed by atoms with Crippen LogP contribution in [-0.4, -0.2) is 46.6 Å². The number of carbonyl (C=O) groups is 1. The number of halogens is 3. The van der Waals surface area contributed by atoms with Crippen LogP contribution in [0.3, 0.4) is 0 Å². The lowest BCUT2D eigenvalue weighted by molar-refractivity contribution is -0.141. The van der Waals surface area contributed by atoms with Gasteiger partial charge in [-0.3, -0.25) is 14.2 Å². The van der Waals surface area contributed by atoms with Crippen molar-refractivity contribution in [2.45, 2.75) is 46.5 Å². The Hall–Kier alpha value is -3.70. The molecule has 0 atom stereocenters. The Kier molecular flexibility index (Phi) is 5.91. The molecule has 0 bridgehead atoms. The van der Waals surface area contributed by atoms with Crippen LogP contribution in [0.1, 0.15) is 40.9 Å². The van der Waals surface area contributed by atoms with Gasteiger partial charge in [0.25, 0.3) is 5.91 Å². The first kappa shape index (κ1) is 22.5. The second-order valence-corrected chi connectivity index (χ2v) is 7.59. The van der Waals surface area contributed by atoms with Crippen molar-refractivity contribution >= 4 is 11.6 Å². The largest absolute Gasteiger partial charge is 0.435 e. The second-order valence-electron chi connectivity index (χ2n) is 7.59. The van der Waals surface area contributed by atoms with Gasteiger partial charge < -0.3 is 5.32 Å². The van der Waals surface area contributed by atoms with Gasteiger partial charge in [-0.15, -0.1) is 0 Å². The Balaban J connectivity index is 1.43. The van der Waals surface area contributed by atoms with Gasteiger partial charge in [0.1, 0.15) is 0 Å². The third kappa shape index (κ3) is 4.45. The van der Waals surface area contributed by atoms with Crippen LogP contribution < -0.4 is 5.32 Å². The van der Waals surface area contributed by atoms with Gasteiger partial charge in [-0.25, -0.2) is 9.50 Å². The first-order chi connectivity index (χ1) is 15.7. The lowest BCUT2D eigenvalue weighted by atomic mass is 10.2. The molecule has 4 heterocycles. The predicted molar refractivity (Wildman–Crippen MR) is 114 cm³/mol. The van der Waals surface area contributed by atoms with Gasteiger partial charge in [0.05, 0.1) is 11.9 Å². The molecule has 0 aliphatic heterocycles. The molecule has 0 radical (unpaired) electrons. The highest BCUT2D eigenvalue weighted by Gasteiger charge is 2.34. The van der Waals surface area contributed by atoms with Crippen molar-refractivity contribution < 1.29 is 18.0 Å². The molecule has 4 aromatic heterocycles. The van der Waals surface area contributed by atoms with E-state index in [1.807, 2.05) is 24.6 Å². The summed E-state index contributed by atoms with van der Waals surface area (Å²) in [5, 5.41) is 15.1. The Morgan fingerprint density at radius 3 is 2.61 bits per heavy atom. The van der Waals surface area contributed by atoms with Crippen LogP contribution in [0.25, 0.3) is 16.9 Å². The summed E-state index contributed by atoms with van der Waals surface area (Å²) in [6, 6.07) is 4.41. The van der Waals surface area contributed by atoms with Gasteiger partial charge in [0, 0.05) is 48.8 Å². The third-order valence-electron chi connectivity index (χ3n) is 5.37. The van der Waals surface area contributed by atoms with Crippen molar-refractivity contribution in [3.05, 3.63) is 53.4 Å². The smallest absolute Gasteiger partial charge is 0.351 e. The molecule has 0 unspecified atom stereocenters. The number of aryl methyl sites for hydroxylation is 3. The lowest BCUT2D eigenvalue weighted by Gasteiger charge is -2.06. The van der Waals surface area contributed by atoms with E-state index in [1.54, 1.807) is 29.9 Å². The summed E-state index contributed by atoms with van der Waals surface area (Å²) in [4.78, 5) is 16.9. The molecule has 4 rings (SSSR count). The summed E-state index contributed by atoms with van der Waals surface area (Å²) in [5.74, 6) is -0.388. The van der Waals surface area contributed by atoms with E-state index in [0.717, 1.165) is 29.6 Å². The Morgan fingerprint density at radius 1 is 1.15 bits per heavy atom. The molecule has 174 valence electrons. The van der Waals surface area contributed by atoms with Gasteiger partial charge in [-0.1, -0.05) is 0 Å². The van der Waals surface area contributed by atoms with Crippen LogP contribution in [0.15, 0.2) is 30.6 Å². The maximum absolute atomic E-state index is 12.8. The van der Waals surface area contributed by atoms with Gasteiger partial charge in [0.2, 0.25) is 0 Å². The molecule has 0 aliphatic carbocycles. The topological polar surface area (TPSA) is 94.9 Å². The van der Waals surface area contributed by atoms with Crippen molar-refractivity contribution in [2.24, 2.45) is 0 Å². The number of rotatable bonds is 7. The molecule has 12 heteroatoms. The number of aromatic nitrogens is 7. The minimum absolute atomic E-state index is 0.199. The van der Waals surface area contributed by atoms with Gasteiger partial charge in [0.15, 0.2) is 17.0 Å². The third-order valence-corrected chi connectivity index (χ3v) is 5.37. The number of carbonyl (C=O) groups excluding carboxylic acids is 1. The molecule has 1 N–H and O–H groups in total. The van der Waals surface area contributed by atoms with E-state index in [4.69, 9.17) is 0 Å². The number of nitrogens with one attached hydrogen (secondary N) is 1. The van der Waals surface area contributed by atoms with E-state index in [2.05, 4.69) is 25.6 Å². The standard InChI is InChI=1S/C21H23F3N8O/c1-4-30-14(3)15(12-27-30)17-6-8-25-19-11-16(28-32(17)19)20(33)26-7-5-9-31-13(2)10-18(29-31)21(22,23)24/h6,8,10-12H,4-5,7,9H2,1-3H3,(H,26,33). The quantitative estimate of drug-likeness (QED) is 0.427. The van der Waals surface area contributed by atoms with Crippen molar-refractivity contribution in [3.8, 4) is 11.3 Å². The highest BCUT2D eigenvalue weighted by molar-refractivity contribution is 5.93. The molecule has 0 saturated heterocycles. The van der Waals surface area contributed by atoms with Crippen molar-refractivity contribution in [1.29, 1.82) is 0 Å². The van der Waals surface area contributed by atoms with Crippen LogP contribution in [0.4, 0.5) is 13.2 Å². The highest BCUT2D eigenvalue weighted by Crippen LogP contribution is 2.28. The molecular formula is C21H23F3N8O. The average Bonchev–Trinajstić information content (AvgIpc) is 3.47. The number of nitrogens with zero attached hydrogens (tertiary/aromatic N) is 7. The van der Waals surface area contributed by atoms with Crippen LogP contribution in [0, 0.1) is 13.8 Å². The SMILES string of the molecule is CCn1ncc(-c2ccnc3cc(C(=O)NCCCn4nc(C(F)(F)F)cc4C)nn23)c1C. The number of alkyl halides is 3. The van der Waals surface area contributed by atoms with Gasteiger partial charge >= 0.3 is 6.18 Å². The zero-order valence-corrected chi connectivity index (χ0v) is 18.4. The van der Waals surface area contributed by atoms with E-state index in [0.29, 0.717) is 17.8 Å². The normalized spacial score (nSPS) is 11.9. The minimum atomic E-state index is -4.48. The molecule has 0 spiro atoms. The molecule has 1 amide bonds. The first-order valence-corrected chi connectivity index (χ1v) is 10.5. The molecule has 33 heavy (non-hydrogen) atoms. The van der Waals surface area contributed by atoms with E-state index in [1.165, 1.54) is 4.68 Å². The van der Waals surface area contributed by atoms with Gasteiger partial charge in [-0.2, -0.15) is 28.5 Å². The first-order valence-electron chi connectivity index (χ1n) is 10.5. The van der Waals surface area contributed by atoms with Crippen molar-refractivity contribution in [1.82, 2.24) is 39.5 Å². The summed E-state index contributed by atoms with van der Waals surface area (Å²) in [6.07, 6.45) is -0.652. The van der Waals surface area contributed by atoms with Crippen molar-refractivity contribution in [2.75, 3.05) is 6.54 Å². The van der Waals surface area contributed by atoms with E-state index >= 15 is 0 Å². The second kappa shape index (κ2) is 8.68. The molecule has 4 aromatic rings. The van der Waals surface area contributed by atoms with E-state index in [9.17, 15) is 18.0 Å². The minimum Gasteiger partial charge on any atom is -0.351 e. The molecule has 0 aromatic carbocycles. The summed E-state index contributed by atoms with van der Waals surface area (Å²) in [7, 11) is 0. The molecular weight excluding hydrogens is 437 g/mol. The Bertz CT molecular complexity index is 1300. The summed E-state index contributed by atoms with van der Waals surface area (Å²) in [6.45, 7) is 6.78. The maximum atomic E-state index is 12.8. The fraction of sp³-hybridized carbons (Fsp3) is 0.381. The molecule has 0 saturated carbocycles.